The molecule has 3 heterocycles. The van der Waals surface area contributed by atoms with Crippen LogP contribution < -0.4 is 10.5 Å². The average molecular weight is 506 g/mol. The van der Waals surface area contributed by atoms with Gasteiger partial charge in [-0.15, -0.1) is 11.3 Å². The number of pyridine rings is 1. The fraction of sp³-hybridized carbons (Fsp3) is 0.238. The minimum Gasteiger partial charge on any atom is -0.368 e. The zero-order chi connectivity index (χ0) is 23.6. The number of sulfonamides is 1. The van der Waals surface area contributed by atoms with E-state index in [9.17, 15) is 18.0 Å². The molecule has 3 aromatic rings. The van der Waals surface area contributed by atoms with E-state index in [0.717, 1.165) is 6.42 Å². The van der Waals surface area contributed by atoms with Gasteiger partial charge in [0.1, 0.15) is 11.0 Å². The molecule has 0 unspecified atom stereocenters. The third-order valence-corrected chi connectivity index (χ3v) is 7.91. The van der Waals surface area contributed by atoms with E-state index in [1.165, 1.54) is 34.6 Å². The number of thiazole rings is 1. The monoisotopic (exact) mass is 505 g/mol. The Labute approximate surface area is 199 Å². The van der Waals surface area contributed by atoms with Crippen molar-refractivity contribution in [2.75, 3.05) is 11.3 Å². The second kappa shape index (κ2) is 9.46. The summed E-state index contributed by atoms with van der Waals surface area (Å²) in [5.74, 6) is -0.707. The van der Waals surface area contributed by atoms with Gasteiger partial charge in [0, 0.05) is 24.5 Å². The van der Waals surface area contributed by atoms with Crippen LogP contribution in [0.2, 0.25) is 5.15 Å². The molecule has 1 aliphatic rings. The Morgan fingerprint density at radius 3 is 2.70 bits per heavy atom. The summed E-state index contributed by atoms with van der Waals surface area (Å²) in [7, 11) is -3.84. The lowest BCUT2D eigenvalue weighted by molar-refractivity contribution is -0.136. The third kappa shape index (κ3) is 5.15. The predicted octanol–water partition coefficient (Wildman–Crippen LogP) is 2.68. The minimum atomic E-state index is -3.84. The third-order valence-electron chi connectivity index (χ3n) is 5.18. The first-order valence-corrected chi connectivity index (χ1v) is 12.7. The Morgan fingerprint density at radius 2 is 1.97 bits per heavy atom. The summed E-state index contributed by atoms with van der Waals surface area (Å²) in [6.07, 6.45) is 4.44. The molecule has 1 saturated heterocycles. The van der Waals surface area contributed by atoms with Gasteiger partial charge in [-0.05, 0) is 31.0 Å². The summed E-state index contributed by atoms with van der Waals surface area (Å²) < 4.78 is 27.8. The van der Waals surface area contributed by atoms with Crippen molar-refractivity contribution < 1.29 is 18.0 Å². The smallest absolute Gasteiger partial charge is 0.261 e. The molecule has 0 bridgehead atoms. The van der Waals surface area contributed by atoms with Gasteiger partial charge in [-0.2, -0.15) is 0 Å². The van der Waals surface area contributed by atoms with E-state index in [4.69, 9.17) is 17.3 Å². The van der Waals surface area contributed by atoms with Crippen LogP contribution in [0.3, 0.4) is 0 Å². The van der Waals surface area contributed by atoms with Crippen molar-refractivity contribution in [3.05, 3.63) is 59.0 Å². The average Bonchev–Trinajstić information content (AvgIpc) is 3.46. The highest BCUT2D eigenvalue weighted by Gasteiger charge is 2.32. The van der Waals surface area contributed by atoms with Gasteiger partial charge in [-0.3, -0.25) is 14.3 Å². The van der Waals surface area contributed by atoms with Crippen molar-refractivity contribution in [3.8, 4) is 10.4 Å². The fourth-order valence-electron chi connectivity index (χ4n) is 3.58. The van der Waals surface area contributed by atoms with Gasteiger partial charge in [-0.25, -0.2) is 18.4 Å². The van der Waals surface area contributed by atoms with E-state index in [-0.39, 0.29) is 28.1 Å². The Morgan fingerprint density at radius 1 is 1.21 bits per heavy atom. The Bertz CT molecular complexity index is 1300. The molecule has 3 N–H and O–H groups in total. The summed E-state index contributed by atoms with van der Waals surface area (Å²) in [4.78, 5) is 34.9. The Balaban J connectivity index is 1.52. The van der Waals surface area contributed by atoms with Gasteiger partial charge in [0.25, 0.3) is 10.0 Å². The van der Waals surface area contributed by atoms with Crippen LogP contribution in [-0.4, -0.2) is 47.7 Å². The fourth-order valence-corrected chi connectivity index (χ4v) is 5.75. The van der Waals surface area contributed by atoms with Crippen molar-refractivity contribution in [2.45, 2.75) is 30.2 Å². The van der Waals surface area contributed by atoms with Crippen molar-refractivity contribution in [3.63, 3.8) is 0 Å². The molecule has 1 aliphatic heterocycles. The quantitative estimate of drug-likeness (QED) is 0.474. The number of aromatic nitrogens is 2. The van der Waals surface area contributed by atoms with Gasteiger partial charge in [0.05, 0.1) is 21.9 Å². The normalized spacial score (nSPS) is 16.0. The number of halogens is 1. The number of amides is 2. The molecule has 0 radical (unpaired) electrons. The zero-order valence-corrected chi connectivity index (χ0v) is 19.7. The first kappa shape index (κ1) is 23.1. The maximum atomic E-state index is 12.6. The number of likely N-dealkylation sites (tertiary alicyclic amines) is 1. The maximum Gasteiger partial charge on any atom is 0.261 e. The highest BCUT2D eigenvalue weighted by Crippen LogP contribution is 2.32. The number of rotatable bonds is 7. The number of nitrogens with two attached hydrogens (primary N) is 1. The van der Waals surface area contributed by atoms with Crippen LogP contribution in [-0.2, 0) is 26.0 Å². The SMILES string of the molecule is NC(=O)[C@@H]1CCCN1C(=O)Cc1ncc(-c2cnc(Cl)c(NS(=O)(=O)c3ccccc3)c2)s1. The lowest BCUT2D eigenvalue weighted by Gasteiger charge is -2.21. The number of nitrogens with zero attached hydrogens (tertiary/aromatic N) is 3. The first-order chi connectivity index (χ1) is 15.7. The van der Waals surface area contributed by atoms with Crippen LogP contribution in [0.5, 0.6) is 0 Å². The standard InChI is InChI=1S/C21H20ClN5O4S2/c22-20-15(26-33(30,31)14-5-2-1-3-6-14)9-13(11-25-20)17-12-24-18(32-17)10-19(28)27-8-4-7-16(27)21(23)29/h1-3,5-6,9,11-12,16,26H,4,7-8,10H2,(H2,23,29)/t16-/m0/s1. The summed E-state index contributed by atoms with van der Waals surface area (Å²) in [5, 5.41) is 0.566. The number of carbonyl (C=O) groups is 2. The molecule has 33 heavy (non-hydrogen) atoms. The summed E-state index contributed by atoms with van der Waals surface area (Å²) >= 11 is 7.40. The molecule has 2 amide bonds. The van der Waals surface area contributed by atoms with Crippen molar-refractivity contribution in [1.29, 1.82) is 0 Å². The molecule has 1 atom stereocenters. The number of carbonyl (C=O) groups excluding carboxylic acids is 2. The number of anilines is 1. The van der Waals surface area contributed by atoms with Gasteiger partial charge < -0.3 is 10.6 Å². The lowest BCUT2D eigenvalue weighted by atomic mass is 10.2. The highest BCUT2D eigenvalue weighted by atomic mass is 35.5. The largest absolute Gasteiger partial charge is 0.368 e. The van der Waals surface area contributed by atoms with Crippen LogP contribution in [0.25, 0.3) is 10.4 Å². The van der Waals surface area contributed by atoms with Crippen LogP contribution in [0, 0.1) is 0 Å². The zero-order valence-electron chi connectivity index (χ0n) is 17.3. The molecule has 4 rings (SSSR count). The van der Waals surface area contributed by atoms with E-state index in [0.29, 0.717) is 28.4 Å². The molecule has 12 heteroatoms. The van der Waals surface area contributed by atoms with Gasteiger partial charge >= 0.3 is 0 Å². The molecular weight excluding hydrogens is 486 g/mol. The second-order valence-corrected chi connectivity index (χ2v) is 10.6. The van der Waals surface area contributed by atoms with Gasteiger partial charge in [0.2, 0.25) is 11.8 Å². The molecular formula is C21H20ClN5O4S2. The van der Waals surface area contributed by atoms with Crippen molar-refractivity contribution in [1.82, 2.24) is 14.9 Å². The lowest BCUT2D eigenvalue weighted by Crippen LogP contribution is -2.44. The number of hydrogen-bond donors (Lipinski definition) is 2. The van der Waals surface area contributed by atoms with E-state index < -0.39 is 22.0 Å². The Kier molecular flexibility index (Phi) is 6.63. The predicted molar refractivity (Wildman–Crippen MR) is 125 cm³/mol. The Hall–Kier alpha value is -3.02. The van der Waals surface area contributed by atoms with Crippen molar-refractivity contribution >= 4 is 50.5 Å². The van der Waals surface area contributed by atoms with E-state index in [1.807, 2.05) is 0 Å². The summed E-state index contributed by atoms with van der Waals surface area (Å²) in [6.45, 7) is 0.497. The number of nitrogens with one attached hydrogen (secondary N) is 1. The number of benzene rings is 1. The molecule has 172 valence electrons. The van der Waals surface area contributed by atoms with Crippen LogP contribution >= 0.6 is 22.9 Å². The molecule has 1 fully saturated rings. The molecule has 0 aliphatic carbocycles. The molecule has 1 aromatic carbocycles. The molecule has 2 aromatic heterocycles. The molecule has 0 spiro atoms. The molecule has 9 nitrogen and oxygen atoms in total. The maximum absolute atomic E-state index is 12.6. The van der Waals surface area contributed by atoms with E-state index in [1.54, 1.807) is 30.5 Å². The summed E-state index contributed by atoms with van der Waals surface area (Å²) in [5.41, 5.74) is 6.12. The first-order valence-electron chi connectivity index (χ1n) is 10.0. The summed E-state index contributed by atoms with van der Waals surface area (Å²) in [6, 6.07) is 8.91. The van der Waals surface area contributed by atoms with Crippen LogP contribution in [0.15, 0.2) is 53.7 Å². The van der Waals surface area contributed by atoms with Gasteiger partial charge in [-0.1, -0.05) is 29.8 Å². The van der Waals surface area contributed by atoms with Crippen molar-refractivity contribution in [2.24, 2.45) is 5.73 Å². The van der Waals surface area contributed by atoms with Crippen LogP contribution in [0.4, 0.5) is 5.69 Å². The van der Waals surface area contributed by atoms with Gasteiger partial charge in [0.15, 0.2) is 5.15 Å². The second-order valence-electron chi connectivity index (χ2n) is 7.42. The van der Waals surface area contributed by atoms with Crippen LogP contribution in [0.1, 0.15) is 17.8 Å². The number of primary amides is 1. The van der Waals surface area contributed by atoms with E-state index >= 15 is 0 Å². The minimum absolute atomic E-state index is 0.00435. The topological polar surface area (TPSA) is 135 Å². The van der Waals surface area contributed by atoms with E-state index in [2.05, 4.69) is 14.7 Å². The molecule has 0 saturated carbocycles. The number of hydrogen-bond acceptors (Lipinski definition) is 7. The highest BCUT2D eigenvalue weighted by molar-refractivity contribution is 7.92.